The van der Waals surface area contributed by atoms with E-state index in [1.165, 1.54) is 35.1 Å². The zero-order valence-corrected chi connectivity index (χ0v) is 15.7. The van der Waals surface area contributed by atoms with Crippen molar-refractivity contribution in [1.82, 2.24) is 14.9 Å². The van der Waals surface area contributed by atoms with Crippen LogP contribution in [0, 0.1) is 0 Å². The van der Waals surface area contributed by atoms with E-state index in [1.54, 1.807) is 18.1 Å². The first kappa shape index (κ1) is 16.3. The molecule has 0 aromatic carbocycles. The molecular weight excluding hydrogens is 338 g/mol. The van der Waals surface area contributed by atoms with Crippen LogP contribution in [0.15, 0.2) is 11.4 Å². The maximum atomic E-state index is 12.7. The quantitative estimate of drug-likeness (QED) is 0.608. The van der Waals surface area contributed by atoms with Crippen molar-refractivity contribution in [2.45, 2.75) is 62.9 Å². The van der Waals surface area contributed by atoms with Gasteiger partial charge in [-0.25, -0.2) is 9.97 Å². The highest BCUT2D eigenvalue weighted by Gasteiger charge is 2.26. The van der Waals surface area contributed by atoms with Crippen molar-refractivity contribution < 1.29 is 4.79 Å². The fourth-order valence-corrected chi connectivity index (χ4v) is 6.18. The third-order valence-corrected chi connectivity index (χ3v) is 7.39. The second-order valence-electron chi connectivity index (χ2n) is 6.65. The molecule has 0 unspecified atom stereocenters. The van der Waals surface area contributed by atoms with Crippen LogP contribution in [0.2, 0.25) is 0 Å². The predicted octanol–water partition coefficient (Wildman–Crippen LogP) is 4.06. The molecule has 1 atom stereocenters. The van der Waals surface area contributed by atoms with E-state index >= 15 is 0 Å². The first-order valence-corrected chi connectivity index (χ1v) is 10.8. The number of aromatic nitrogens is 2. The molecule has 0 N–H and O–H groups in total. The van der Waals surface area contributed by atoms with E-state index in [0.29, 0.717) is 11.8 Å². The highest BCUT2D eigenvalue weighted by molar-refractivity contribution is 8.00. The minimum absolute atomic E-state index is 0.269. The third-order valence-electron chi connectivity index (χ3n) is 5.22. The van der Waals surface area contributed by atoms with Crippen molar-refractivity contribution in [2.24, 2.45) is 0 Å². The summed E-state index contributed by atoms with van der Waals surface area (Å²) in [5, 5.41) is 2.22. The minimum atomic E-state index is 0.269. The van der Waals surface area contributed by atoms with Crippen molar-refractivity contribution >= 4 is 39.2 Å². The van der Waals surface area contributed by atoms with Gasteiger partial charge in [0, 0.05) is 22.8 Å². The lowest BCUT2D eigenvalue weighted by Crippen LogP contribution is -2.44. The van der Waals surface area contributed by atoms with Crippen LogP contribution in [0.5, 0.6) is 0 Å². The van der Waals surface area contributed by atoms with Gasteiger partial charge in [0.25, 0.3) is 0 Å². The number of hydrogen-bond donors (Lipinski definition) is 0. The molecule has 1 saturated heterocycles. The third kappa shape index (κ3) is 2.94. The number of hydrogen-bond acceptors (Lipinski definition) is 5. The van der Waals surface area contributed by atoms with Gasteiger partial charge in [0.15, 0.2) is 0 Å². The van der Waals surface area contributed by atoms with Crippen LogP contribution in [0.25, 0.3) is 10.2 Å². The number of rotatable bonds is 4. The number of fused-ring (bicyclic) bond motifs is 3. The lowest BCUT2D eigenvalue weighted by atomic mass is 10.0. The normalized spacial score (nSPS) is 20.5. The Bertz CT molecular complexity index is 758. The molecule has 1 fully saturated rings. The molecule has 2 aromatic heterocycles. The van der Waals surface area contributed by atoms with Crippen LogP contribution in [0.1, 0.15) is 49.5 Å². The largest absolute Gasteiger partial charge is 0.339 e. The summed E-state index contributed by atoms with van der Waals surface area (Å²) in [5.74, 6) is 0.762. The van der Waals surface area contributed by atoms with Gasteiger partial charge in [0.05, 0.1) is 5.75 Å². The Hall–Kier alpha value is -1.14. The summed E-state index contributed by atoms with van der Waals surface area (Å²) in [7, 11) is 0. The molecule has 4 nitrogen and oxygen atoms in total. The Balaban J connectivity index is 1.52. The van der Waals surface area contributed by atoms with Crippen molar-refractivity contribution in [2.75, 3.05) is 12.3 Å². The minimum Gasteiger partial charge on any atom is -0.339 e. The van der Waals surface area contributed by atoms with Crippen LogP contribution < -0.4 is 0 Å². The highest BCUT2D eigenvalue weighted by atomic mass is 32.2. The Kier molecular flexibility index (Phi) is 4.77. The second-order valence-corrected chi connectivity index (χ2v) is 8.70. The molecule has 128 valence electrons. The number of piperidine rings is 1. The number of thiophene rings is 1. The topological polar surface area (TPSA) is 46.1 Å². The van der Waals surface area contributed by atoms with Gasteiger partial charge in [-0.15, -0.1) is 11.3 Å². The summed E-state index contributed by atoms with van der Waals surface area (Å²) in [4.78, 5) is 26.3. The van der Waals surface area contributed by atoms with E-state index in [0.717, 1.165) is 42.1 Å². The molecule has 4 rings (SSSR count). The molecule has 24 heavy (non-hydrogen) atoms. The molecule has 1 aliphatic carbocycles. The average Bonchev–Trinajstić information content (AvgIpc) is 3.20. The first-order valence-electron chi connectivity index (χ1n) is 8.95. The molecule has 2 aromatic rings. The Labute approximate surface area is 151 Å². The number of aryl methyl sites for hydroxylation is 2. The van der Waals surface area contributed by atoms with Gasteiger partial charge < -0.3 is 4.90 Å². The van der Waals surface area contributed by atoms with Gasteiger partial charge in [0.2, 0.25) is 5.91 Å². The van der Waals surface area contributed by atoms with Crippen LogP contribution in [-0.4, -0.2) is 39.1 Å². The lowest BCUT2D eigenvalue weighted by molar-refractivity contribution is -0.132. The average molecular weight is 362 g/mol. The summed E-state index contributed by atoms with van der Waals surface area (Å²) >= 11 is 3.41. The van der Waals surface area contributed by atoms with Crippen molar-refractivity contribution in [3.8, 4) is 0 Å². The van der Waals surface area contributed by atoms with Gasteiger partial charge in [-0.3, -0.25) is 4.79 Å². The van der Waals surface area contributed by atoms with Gasteiger partial charge in [0.1, 0.15) is 16.2 Å². The number of thioether (sulfide) groups is 1. The standard InChI is InChI=1S/C18H23N3OS2/c1-2-12-6-3-4-9-21(12)15(22)10-23-17-16-13-7-5-8-14(13)24-18(16)20-11-19-17/h11-12H,2-10H2,1H3/t12-/m0/s1. The van der Waals surface area contributed by atoms with Crippen LogP contribution in [-0.2, 0) is 17.6 Å². The first-order chi connectivity index (χ1) is 11.8. The van der Waals surface area contributed by atoms with E-state index in [2.05, 4.69) is 21.8 Å². The van der Waals surface area contributed by atoms with Crippen LogP contribution in [0.4, 0.5) is 0 Å². The van der Waals surface area contributed by atoms with Gasteiger partial charge in [-0.05, 0) is 50.5 Å². The maximum absolute atomic E-state index is 12.7. The molecule has 6 heteroatoms. The fourth-order valence-electron chi connectivity index (χ4n) is 3.98. The lowest BCUT2D eigenvalue weighted by Gasteiger charge is -2.35. The SMILES string of the molecule is CC[C@H]1CCCCN1C(=O)CSc1ncnc2sc3c(c12)CCC3. The van der Waals surface area contributed by atoms with Gasteiger partial charge >= 0.3 is 0 Å². The van der Waals surface area contributed by atoms with E-state index in [-0.39, 0.29) is 5.91 Å². The molecule has 0 spiro atoms. The molecule has 3 heterocycles. The summed E-state index contributed by atoms with van der Waals surface area (Å²) in [5.41, 5.74) is 1.44. The number of nitrogens with zero attached hydrogens (tertiary/aromatic N) is 3. The number of likely N-dealkylation sites (tertiary alicyclic amines) is 1. The zero-order valence-electron chi connectivity index (χ0n) is 14.1. The number of amides is 1. The smallest absolute Gasteiger partial charge is 0.233 e. The summed E-state index contributed by atoms with van der Waals surface area (Å²) in [6.07, 6.45) is 9.80. The maximum Gasteiger partial charge on any atom is 0.233 e. The van der Waals surface area contributed by atoms with E-state index in [4.69, 9.17) is 0 Å². The van der Waals surface area contributed by atoms with Crippen molar-refractivity contribution in [1.29, 1.82) is 0 Å². The Morgan fingerprint density at radius 3 is 3.12 bits per heavy atom. The Morgan fingerprint density at radius 1 is 1.33 bits per heavy atom. The summed E-state index contributed by atoms with van der Waals surface area (Å²) in [6, 6.07) is 0.433. The van der Waals surface area contributed by atoms with Crippen molar-refractivity contribution in [3.05, 3.63) is 16.8 Å². The molecule has 0 radical (unpaired) electrons. The molecule has 0 saturated carbocycles. The van der Waals surface area contributed by atoms with Gasteiger partial charge in [-0.2, -0.15) is 0 Å². The molecule has 1 amide bonds. The van der Waals surface area contributed by atoms with Crippen molar-refractivity contribution in [3.63, 3.8) is 0 Å². The number of carbonyl (C=O) groups is 1. The number of carbonyl (C=O) groups excluding carboxylic acids is 1. The predicted molar refractivity (Wildman–Crippen MR) is 99.8 cm³/mol. The van der Waals surface area contributed by atoms with E-state index in [9.17, 15) is 4.79 Å². The molecular formula is C18H23N3OS2. The Morgan fingerprint density at radius 2 is 2.25 bits per heavy atom. The second kappa shape index (κ2) is 7.00. The molecule has 0 bridgehead atoms. The van der Waals surface area contributed by atoms with E-state index < -0.39 is 0 Å². The van der Waals surface area contributed by atoms with Crippen LogP contribution in [0.3, 0.4) is 0 Å². The summed E-state index contributed by atoms with van der Waals surface area (Å²) < 4.78 is 0. The van der Waals surface area contributed by atoms with Gasteiger partial charge in [-0.1, -0.05) is 18.7 Å². The fraction of sp³-hybridized carbons (Fsp3) is 0.611. The molecule has 2 aliphatic rings. The zero-order chi connectivity index (χ0) is 16.5. The monoisotopic (exact) mass is 361 g/mol. The van der Waals surface area contributed by atoms with Crippen LogP contribution >= 0.6 is 23.1 Å². The molecule has 1 aliphatic heterocycles. The summed E-state index contributed by atoms with van der Waals surface area (Å²) in [6.45, 7) is 3.11. The highest BCUT2D eigenvalue weighted by Crippen LogP contribution is 2.40. The van der Waals surface area contributed by atoms with E-state index in [1.807, 2.05) is 11.3 Å².